The Balaban J connectivity index is 2.23. The molecule has 0 N–H and O–H groups in total. The maximum absolute atomic E-state index is 4.18. The van der Waals surface area contributed by atoms with E-state index in [1.807, 2.05) is 35.3 Å². The highest BCUT2D eigenvalue weighted by atomic mass is 15.3. The summed E-state index contributed by atoms with van der Waals surface area (Å²) in [5.74, 6) is 0.746. The molecular formula is C10H7N3. The molecule has 0 amide bonds. The third-order valence-corrected chi connectivity index (χ3v) is 2.12. The van der Waals surface area contributed by atoms with Crippen molar-refractivity contribution < 1.29 is 0 Å². The molecule has 62 valence electrons. The van der Waals surface area contributed by atoms with Gasteiger partial charge in [0.15, 0.2) is 0 Å². The minimum Gasteiger partial charge on any atom is -0.279 e. The second kappa shape index (κ2) is 2.29. The first-order valence-corrected chi connectivity index (χ1v) is 4.12. The van der Waals surface area contributed by atoms with Crippen molar-refractivity contribution in [2.45, 2.75) is 0 Å². The molecule has 3 aliphatic heterocycles. The van der Waals surface area contributed by atoms with Gasteiger partial charge < -0.3 is 0 Å². The van der Waals surface area contributed by atoms with Gasteiger partial charge in [0.2, 0.25) is 5.96 Å². The largest absolute Gasteiger partial charge is 0.279 e. The van der Waals surface area contributed by atoms with Crippen molar-refractivity contribution >= 4 is 12.2 Å². The number of hydrogen-bond acceptors (Lipinski definition) is 3. The van der Waals surface area contributed by atoms with Crippen LogP contribution in [0.4, 0.5) is 0 Å². The van der Waals surface area contributed by atoms with Crippen LogP contribution < -0.4 is 0 Å². The summed E-state index contributed by atoms with van der Waals surface area (Å²) in [4.78, 5) is 10.4. The monoisotopic (exact) mass is 169 g/mol. The quantitative estimate of drug-likeness (QED) is 0.541. The van der Waals surface area contributed by atoms with E-state index < -0.39 is 0 Å². The summed E-state index contributed by atoms with van der Waals surface area (Å²) >= 11 is 0. The summed E-state index contributed by atoms with van der Waals surface area (Å²) in [5.41, 5.74) is 2.24. The fourth-order valence-corrected chi connectivity index (χ4v) is 1.54. The molecule has 3 heteroatoms. The van der Waals surface area contributed by atoms with Gasteiger partial charge in [-0.25, -0.2) is 9.98 Å². The standard InChI is InChI=1S/C10H7N3/c1-2-8-4-6-11-10-12-7-5-9(3-1)13(8)10/h1-7H. The third-order valence-electron chi connectivity index (χ3n) is 2.12. The Kier molecular flexibility index (Phi) is 1.16. The van der Waals surface area contributed by atoms with Crippen LogP contribution in [-0.4, -0.2) is 17.1 Å². The normalized spacial score (nSPS) is 22.2. The molecule has 0 aromatic heterocycles. The summed E-state index contributed by atoms with van der Waals surface area (Å²) in [6, 6.07) is 0. The summed E-state index contributed by atoms with van der Waals surface area (Å²) in [5, 5.41) is 0. The van der Waals surface area contributed by atoms with Crippen LogP contribution in [0.15, 0.2) is 58.0 Å². The van der Waals surface area contributed by atoms with Crippen molar-refractivity contribution in [3.63, 3.8) is 0 Å². The second-order valence-electron chi connectivity index (χ2n) is 2.90. The Labute approximate surface area is 75.8 Å². The molecule has 0 aliphatic carbocycles. The molecule has 0 fully saturated rings. The Morgan fingerprint density at radius 2 is 2.00 bits per heavy atom. The highest BCUT2D eigenvalue weighted by molar-refractivity contribution is 5.98. The number of allylic oxidation sites excluding steroid dienone is 5. The van der Waals surface area contributed by atoms with Crippen LogP contribution in [0.1, 0.15) is 0 Å². The lowest BCUT2D eigenvalue weighted by atomic mass is 10.1. The first-order valence-electron chi connectivity index (χ1n) is 4.12. The molecule has 0 aromatic carbocycles. The molecule has 0 unspecified atom stereocenters. The molecule has 0 saturated heterocycles. The lowest BCUT2D eigenvalue weighted by Crippen LogP contribution is -2.31. The van der Waals surface area contributed by atoms with Crippen LogP contribution in [0.3, 0.4) is 0 Å². The molecule has 3 aliphatic rings. The molecule has 3 heterocycles. The first-order chi connectivity index (χ1) is 6.45. The van der Waals surface area contributed by atoms with E-state index in [2.05, 4.69) is 9.98 Å². The van der Waals surface area contributed by atoms with E-state index in [9.17, 15) is 0 Å². The van der Waals surface area contributed by atoms with Gasteiger partial charge in [-0.3, -0.25) is 4.90 Å². The van der Waals surface area contributed by atoms with Gasteiger partial charge in [-0.1, -0.05) is 6.08 Å². The van der Waals surface area contributed by atoms with Gasteiger partial charge in [-0.15, -0.1) is 0 Å². The van der Waals surface area contributed by atoms with Crippen molar-refractivity contribution in [2.75, 3.05) is 0 Å². The Morgan fingerprint density at radius 3 is 3.00 bits per heavy atom. The summed E-state index contributed by atoms with van der Waals surface area (Å²) in [6.45, 7) is 0. The van der Waals surface area contributed by atoms with Crippen LogP contribution in [0.5, 0.6) is 0 Å². The van der Waals surface area contributed by atoms with E-state index in [1.54, 1.807) is 12.4 Å². The van der Waals surface area contributed by atoms with Crippen LogP contribution in [0.25, 0.3) is 0 Å². The minimum absolute atomic E-state index is 0.746. The van der Waals surface area contributed by atoms with Gasteiger partial charge in [0.1, 0.15) is 0 Å². The fourth-order valence-electron chi connectivity index (χ4n) is 1.54. The first kappa shape index (κ1) is 6.60. The molecule has 0 saturated carbocycles. The molecule has 13 heavy (non-hydrogen) atoms. The zero-order chi connectivity index (χ0) is 8.67. The predicted molar refractivity (Wildman–Crippen MR) is 52.2 cm³/mol. The number of nitrogens with zero attached hydrogens (tertiary/aromatic N) is 3. The van der Waals surface area contributed by atoms with Gasteiger partial charge in [-0.05, 0) is 24.3 Å². The van der Waals surface area contributed by atoms with E-state index in [4.69, 9.17) is 0 Å². The molecule has 0 spiro atoms. The van der Waals surface area contributed by atoms with Crippen LogP contribution in [0, 0.1) is 0 Å². The van der Waals surface area contributed by atoms with Gasteiger partial charge in [0.05, 0.1) is 11.4 Å². The van der Waals surface area contributed by atoms with Gasteiger partial charge in [0.25, 0.3) is 0 Å². The molecule has 0 atom stereocenters. The average Bonchev–Trinajstić information content (AvgIpc) is 2.19. The predicted octanol–water partition coefficient (Wildman–Crippen LogP) is 1.59. The maximum Gasteiger partial charge on any atom is 0.234 e. The van der Waals surface area contributed by atoms with Crippen LogP contribution in [0.2, 0.25) is 0 Å². The topological polar surface area (TPSA) is 28.0 Å². The van der Waals surface area contributed by atoms with Crippen molar-refractivity contribution in [3.05, 3.63) is 48.0 Å². The van der Waals surface area contributed by atoms with E-state index in [-0.39, 0.29) is 0 Å². The molecule has 0 aromatic rings. The number of rotatable bonds is 0. The summed E-state index contributed by atoms with van der Waals surface area (Å²) in [7, 11) is 0. The van der Waals surface area contributed by atoms with E-state index >= 15 is 0 Å². The highest BCUT2D eigenvalue weighted by Gasteiger charge is 2.22. The Bertz CT molecular complexity index is 367. The zero-order valence-corrected chi connectivity index (χ0v) is 6.88. The van der Waals surface area contributed by atoms with Crippen LogP contribution in [-0.2, 0) is 0 Å². The Hall–Kier alpha value is -1.90. The van der Waals surface area contributed by atoms with Gasteiger partial charge >= 0.3 is 0 Å². The second-order valence-corrected chi connectivity index (χ2v) is 2.90. The lowest BCUT2D eigenvalue weighted by molar-refractivity contribution is 0.646. The number of guanidine groups is 1. The van der Waals surface area contributed by atoms with E-state index in [0.29, 0.717) is 0 Å². The fraction of sp³-hybridized carbons (Fsp3) is 0. The maximum atomic E-state index is 4.18. The third kappa shape index (κ3) is 0.839. The number of aliphatic imine (C=N–C) groups is 2. The molecule has 0 radical (unpaired) electrons. The number of hydrogen-bond donors (Lipinski definition) is 0. The van der Waals surface area contributed by atoms with Crippen molar-refractivity contribution in [2.24, 2.45) is 9.98 Å². The summed E-state index contributed by atoms with van der Waals surface area (Å²) in [6.07, 6.45) is 13.6. The van der Waals surface area contributed by atoms with Gasteiger partial charge in [-0.2, -0.15) is 0 Å². The highest BCUT2D eigenvalue weighted by Crippen LogP contribution is 2.25. The zero-order valence-electron chi connectivity index (χ0n) is 6.88. The van der Waals surface area contributed by atoms with Crippen molar-refractivity contribution in [3.8, 4) is 0 Å². The molecule has 3 nitrogen and oxygen atoms in total. The smallest absolute Gasteiger partial charge is 0.234 e. The van der Waals surface area contributed by atoms with Crippen LogP contribution >= 0.6 is 0 Å². The van der Waals surface area contributed by atoms with Crippen molar-refractivity contribution in [1.82, 2.24) is 4.90 Å². The van der Waals surface area contributed by atoms with Crippen molar-refractivity contribution in [1.29, 1.82) is 0 Å². The lowest BCUT2D eigenvalue weighted by Gasteiger charge is -2.30. The van der Waals surface area contributed by atoms with E-state index in [1.165, 1.54) is 0 Å². The summed E-state index contributed by atoms with van der Waals surface area (Å²) < 4.78 is 0. The Morgan fingerprint density at radius 1 is 1.08 bits per heavy atom. The average molecular weight is 169 g/mol. The SMILES string of the molecule is C1=CC2=CC=NC3=NC=CC(=C1)N23. The minimum atomic E-state index is 0.746. The molecule has 3 rings (SSSR count). The molecular weight excluding hydrogens is 162 g/mol. The van der Waals surface area contributed by atoms with E-state index in [0.717, 1.165) is 17.4 Å². The van der Waals surface area contributed by atoms with Gasteiger partial charge in [0, 0.05) is 12.4 Å². The molecule has 0 bridgehead atoms.